The number of aliphatic hydroxyl groups is 1. The number of fused-ring (bicyclic) bond motifs is 3. The molecule has 0 amide bonds. The van der Waals surface area contributed by atoms with Gasteiger partial charge in [0.15, 0.2) is 0 Å². The van der Waals surface area contributed by atoms with Crippen LogP contribution in [0.3, 0.4) is 0 Å². The van der Waals surface area contributed by atoms with Gasteiger partial charge in [0.1, 0.15) is 6.61 Å². The van der Waals surface area contributed by atoms with Crippen molar-refractivity contribution >= 4 is 17.9 Å². The van der Waals surface area contributed by atoms with E-state index in [4.69, 9.17) is 18.9 Å². The average Bonchev–Trinajstić information content (AvgIpc) is 3.25. The Morgan fingerprint density at radius 3 is 2.38 bits per heavy atom. The Bertz CT molecular complexity index is 756. The molecule has 0 bridgehead atoms. The largest absolute Gasteiger partial charge is 0.465 e. The zero-order valence-electron chi connectivity index (χ0n) is 17.2. The lowest BCUT2D eigenvalue weighted by Crippen LogP contribution is -2.41. The molecule has 8 nitrogen and oxygen atoms in total. The Morgan fingerprint density at radius 2 is 1.79 bits per heavy atom. The predicted octanol–water partition coefficient (Wildman–Crippen LogP) is 1.72. The number of esters is 3. The summed E-state index contributed by atoms with van der Waals surface area (Å²) in [5.74, 6) is -2.15. The summed E-state index contributed by atoms with van der Waals surface area (Å²) < 4.78 is 21.6. The van der Waals surface area contributed by atoms with Gasteiger partial charge in [-0.05, 0) is 18.3 Å². The van der Waals surface area contributed by atoms with Crippen molar-refractivity contribution in [3.05, 3.63) is 24.0 Å². The van der Waals surface area contributed by atoms with E-state index in [0.717, 1.165) is 5.57 Å². The van der Waals surface area contributed by atoms with Crippen LogP contribution in [0.25, 0.3) is 0 Å². The van der Waals surface area contributed by atoms with Gasteiger partial charge in [0.2, 0.25) is 6.29 Å². The molecular weight excluding hydrogens is 380 g/mol. The average molecular weight is 408 g/mol. The fourth-order valence-corrected chi connectivity index (χ4v) is 5.13. The smallest absolute Gasteiger partial charge is 0.305 e. The highest BCUT2D eigenvalue weighted by molar-refractivity contribution is 5.67. The molecule has 29 heavy (non-hydrogen) atoms. The SMILES string of the molecule is C=C1CC(O)C2C(C3C(COC(C)=O)=COC(OC(C)=O)C13)C2(C)COC(C)=O. The van der Waals surface area contributed by atoms with Gasteiger partial charge >= 0.3 is 17.9 Å². The van der Waals surface area contributed by atoms with Gasteiger partial charge in [0, 0.05) is 37.7 Å². The standard InChI is InChI=1S/C21H28O8/c1-10-6-15(25)18-19(21(18,5)9-28-12(3)23)17-14(7-26-11(2)22)8-27-20(16(10)17)29-13(4)24/h8,15-20,25H,1,6-7,9H2,2-5H3. The number of ether oxygens (including phenoxy) is 4. The third-order valence-corrected chi connectivity index (χ3v) is 6.32. The van der Waals surface area contributed by atoms with Crippen LogP contribution in [-0.4, -0.2) is 48.6 Å². The van der Waals surface area contributed by atoms with Gasteiger partial charge in [-0.25, -0.2) is 0 Å². The predicted molar refractivity (Wildman–Crippen MR) is 99.8 cm³/mol. The minimum Gasteiger partial charge on any atom is -0.465 e. The second kappa shape index (κ2) is 7.82. The first-order chi connectivity index (χ1) is 13.6. The fraction of sp³-hybridized carbons (Fsp3) is 0.667. The van der Waals surface area contributed by atoms with E-state index < -0.39 is 35.7 Å². The highest BCUT2D eigenvalue weighted by Gasteiger charge is 2.71. The van der Waals surface area contributed by atoms with Crippen LogP contribution < -0.4 is 0 Å². The van der Waals surface area contributed by atoms with Crippen LogP contribution in [0.15, 0.2) is 24.0 Å². The monoisotopic (exact) mass is 408 g/mol. The minimum absolute atomic E-state index is 0.0273. The summed E-state index contributed by atoms with van der Waals surface area (Å²) in [5.41, 5.74) is 0.983. The van der Waals surface area contributed by atoms with Crippen LogP contribution in [0, 0.1) is 29.1 Å². The molecule has 2 aliphatic carbocycles. The van der Waals surface area contributed by atoms with Gasteiger partial charge in [-0.15, -0.1) is 0 Å². The van der Waals surface area contributed by atoms with E-state index in [1.54, 1.807) is 0 Å². The van der Waals surface area contributed by atoms with Crippen molar-refractivity contribution in [3.63, 3.8) is 0 Å². The normalized spacial score (nSPS) is 37.7. The van der Waals surface area contributed by atoms with Crippen LogP contribution in [0.1, 0.15) is 34.1 Å². The van der Waals surface area contributed by atoms with Crippen LogP contribution >= 0.6 is 0 Å². The molecule has 0 aromatic carbocycles. The first-order valence-corrected chi connectivity index (χ1v) is 9.70. The summed E-state index contributed by atoms with van der Waals surface area (Å²) in [7, 11) is 0. The molecule has 0 spiro atoms. The van der Waals surface area contributed by atoms with E-state index >= 15 is 0 Å². The molecule has 1 heterocycles. The Balaban J connectivity index is 1.98. The lowest BCUT2D eigenvalue weighted by molar-refractivity contribution is -0.181. The van der Waals surface area contributed by atoms with Gasteiger partial charge < -0.3 is 24.1 Å². The molecule has 0 aromatic heterocycles. The molecule has 2 saturated carbocycles. The Kier molecular flexibility index (Phi) is 5.76. The molecule has 0 aromatic rings. The van der Waals surface area contributed by atoms with E-state index in [0.29, 0.717) is 12.0 Å². The first kappa shape index (κ1) is 21.4. The molecule has 1 N–H and O–H groups in total. The fourth-order valence-electron chi connectivity index (χ4n) is 5.13. The van der Waals surface area contributed by atoms with Crippen LogP contribution in [-0.2, 0) is 33.3 Å². The lowest BCUT2D eigenvalue weighted by atomic mass is 9.75. The highest BCUT2D eigenvalue weighted by Crippen LogP contribution is 2.69. The maximum Gasteiger partial charge on any atom is 0.305 e. The molecule has 3 rings (SSSR count). The molecule has 8 heteroatoms. The summed E-state index contributed by atoms with van der Waals surface area (Å²) in [5, 5.41) is 10.8. The van der Waals surface area contributed by atoms with E-state index in [2.05, 4.69) is 6.58 Å². The molecule has 1 aliphatic heterocycles. The summed E-state index contributed by atoms with van der Waals surface area (Å²) in [6.45, 7) is 10.3. The molecule has 2 fully saturated rings. The second-order valence-electron chi connectivity index (χ2n) is 8.41. The summed E-state index contributed by atoms with van der Waals surface area (Å²) in [6, 6.07) is 0. The summed E-state index contributed by atoms with van der Waals surface area (Å²) >= 11 is 0. The van der Waals surface area contributed by atoms with Gasteiger partial charge in [0.25, 0.3) is 0 Å². The molecular formula is C21H28O8. The van der Waals surface area contributed by atoms with E-state index in [-0.39, 0.29) is 36.9 Å². The van der Waals surface area contributed by atoms with Crippen molar-refractivity contribution in [2.45, 2.75) is 46.5 Å². The summed E-state index contributed by atoms with van der Waals surface area (Å²) in [6.07, 6.45) is 0.242. The van der Waals surface area contributed by atoms with Gasteiger partial charge in [-0.1, -0.05) is 19.1 Å². The van der Waals surface area contributed by atoms with Gasteiger partial charge in [-0.3, -0.25) is 14.4 Å². The Labute approximate surface area is 169 Å². The zero-order chi connectivity index (χ0) is 21.5. The summed E-state index contributed by atoms with van der Waals surface area (Å²) in [4.78, 5) is 34.3. The molecule has 160 valence electrons. The van der Waals surface area contributed by atoms with E-state index in [1.165, 1.54) is 27.0 Å². The Morgan fingerprint density at radius 1 is 1.14 bits per heavy atom. The van der Waals surface area contributed by atoms with Crippen LogP contribution in [0.2, 0.25) is 0 Å². The van der Waals surface area contributed by atoms with Gasteiger partial charge in [0.05, 0.1) is 24.9 Å². The topological polar surface area (TPSA) is 108 Å². The highest BCUT2D eigenvalue weighted by atomic mass is 16.7. The third-order valence-electron chi connectivity index (χ3n) is 6.32. The number of rotatable bonds is 5. The van der Waals surface area contributed by atoms with Crippen molar-refractivity contribution in [2.75, 3.05) is 13.2 Å². The van der Waals surface area contributed by atoms with Crippen molar-refractivity contribution in [3.8, 4) is 0 Å². The molecule has 0 saturated heterocycles. The van der Waals surface area contributed by atoms with Gasteiger partial charge in [-0.2, -0.15) is 0 Å². The number of hydrogen-bond donors (Lipinski definition) is 1. The van der Waals surface area contributed by atoms with Crippen LogP contribution in [0.4, 0.5) is 0 Å². The van der Waals surface area contributed by atoms with E-state index in [1.807, 2.05) is 6.92 Å². The molecule has 7 unspecified atom stereocenters. The molecule has 7 atom stereocenters. The lowest BCUT2D eigenvalue weighted by Gasteiger charge is -2.39. The first-order valence-electron chi connectivity index (χ1n) is 9.70. The minimum atomic E-state index is -0.879. The van der Waals surface area contributed by atoms with Crippen molar-refractivity contribution < 1.29 is 38.4 Å². The number of aliphatic hydroxyl groups excluding tert-OH is 1. The third kappa shape index (κ3) is 4.03. The maximum atomic E-state index is 11.6. The maximum absolute atomic E-state index is 11.6. The quantitative estimate of drug-likeness (QED) is 0.416. The second-order valence-corrected chi connectivity index (χ2v) is 8.41. The molecule has 3 aliphatic rings. The van der Waals surface area contributed by atoms with E-state index in [9.17, 15) is 19.5 Å². The number of hydrogen-bond acceptors (Lipinski definition) is 8. The van der Waals surface area contributed by atoms with Crippen LogP contribution in [0.5, 0.6) is 0 Å². The molecule has 0 radical (unpaired) electrons. The zero-order valence-corrected chi connectivity index (χ0v) is 17.2. The number of carbonyl (C=O) groups excluding carboxylic acids is 3. The van der Waals surface area contributed by atoms with Crippen molar-refractivity contribution in [1.82, 2.24) is 0 Å². The number of carbonyl (C=O) groups is 3. The van der Waals surface area contributed by atoms with Crippen molar-refractivity contribution in [2.24, 2.45) is 29.1 Å². The Hall–Kier alpha value is -2.35. The van der Waals surface area contributed by atoms with Crippen molar-refractivity contribution in [1.29, 1.82) is 0 Å².